The van der Waals surface area contributed by atoms with Gasteiger partial charge in [0.15, 0.2) is 0 Å². The van der Waals surface area contributed by atoms with Crippen molar-refractivity contribution in [2.75, 3.05) is 48.8 Å². The quantitative estimate of drug-likeness (QED) is 0.345. The lowest BCUT2D eigenvalue weighted by Gasteiger charge is -2.38. The fraction of sp³-hybridized carbons (Fsp3) is 0.500. The topological polar surface area (TPSA) is 82.6 Å². The predicted octanol–water partition coefficient (Wildman–Crippen LogP) is 5.98. The van der Waals surface area contributed by atoms with Gasteiger partial charge in [-0.2, -0.15) is 13.2 Å². The molecule has 1 aromatic carbocycles. The van der Waals surface area contributed by atoms with Gasteiger partial charge in [-0.3, -0.25) is 4.79 Å². The van der Waals surface area contributed by atoms with Crippen molar-refractivity contribution < 1.29 is 22.7 Å². The van der Waals surface area contributed by atoms with E-state index in [1.165, 1.54) is 11.8 Å². The minimum absolute atomic E-state index is 0.00984. The maximum absolute atomic E-state index is 14.2. The molecule has 2 N–H and O–H groups in total. The molecule has 2 saturated heterocycles. The van der Waals surface area contributed by atoms with Crippen LogP contribution in [0.1, 0.15) is 53.4 Å². The van der Waals surface area contributed by atoms with Crippen LogP contribution in [0.2, 0.25) is 0 Å². The SMILES string of the molecule is C[C@H]1CN(c2ccc(Nc3ncc(C(F)(F)F)c(-c4cc5c(s4)C(=O)N(C4COC4)CCS5)n3)c(C3CC3)c2)C[C@H](C)N1. The van der Waals surface area contributed by atoms with Crippen LogP contribution in [0.4, 0.5) is 30.5 Å². The van der Waals surface area contributed by atoms with E-state index in [0.717, 1.165) is 60.4 Å². The number of benzene rings is 1. The van der Waals surface area contributed by atoms with Crippen LogP contribution >= 0.6 is 23.1 Å². The highest BCUT2D eigenvalue weighted by molar-refractivity contribution is 7.99. The number of aromatic nitrogens is 2. The lowest BCUT2D eigenvalue weighted by molar-refractivity contribution is -0.137. The largest absolute Gasteiger partial charge is 0.420 e. The van der Waals surface area contributed by atoms with Crippen LogP contribution in [0.25, 0.3) is 10.6 Å². The fourth-order valence-corrected chi connectivity index (χ4v) is 8.39. The van der Waals surface area contributed by atoms with E-state index >= 15 is 0 Å². The van der Waals surface area contributed by atoms with Crippen LogP contribution < -0.4 is 15.5 Å². The summed E-state index contributed by atoms with van der Waals surface area (Å²) in [6, 6.07) is 8.68. The van der Waals surface area contributed by atoms with Crippen molar-refractivity contribution >= 4 is 46.3 Å². The van der Waals surface area contributed by atoms with Gasteiger partial charge in [0.25, 0.3) is 5.91 Å². The Kier molecular flexibility index (Phi) is 7.55. The molecule has 3 aromatic rings. The third-order valence-corrected chi connectivity index (χ3v) is 10.6. The van der Waals surface area contributed by atoms with E-state index in [1.807, 2.05) is 6.07 Å². The summed E-state index contributed by atoms with van der Waals surface area (Å²) in [6.45, 7) is 7.73. The Morgan fingerprint density at radius 3 is 2.56 bits per heavy atom. The number of amides is 1. The second-order valence-corrected chi connectivity index (χ2v) is 14.0. The molecule has 13 heteroatoms. The zero-order valence-corrected chi connectivity index (χ0v) is 25.5. The van der Waals surface area contributed by atoms with Gasteiger partial charge in [0, 0.05) is 59.9 Å². The number of hydrogen-bond acceptors (Lipinski definition) is 9. The second kappa shape index (κ2) is 11.2. The van der Waals surface area contributed by atoms with Gasteiger partial charge in [0.1, 0.15) is 10.4 Å². The zero-order chi connectivity index (χ0) is 29.9. The number of rotatable bonds is 6. The van der Waals surface area contributed by atoms with Gasteiger partial charge in [0.2, 0.25) is 5.95 Å². The van der Waals surface area contributed by atoms with Gasteiger partial charge < -0.3 is 25.2 Å². The summed E-state index contributed by atoms with van der Waals surface area (Å²) in [4.78, 5) is 27.5. The van der Waals surface area contributed by atoms with Gasteiger partial charge in [-0.15, -0.1) is 23.1 Å². The molecule has 4 aliphatic rings. The molecule has 0 unspecified atom stereocenters. The van der Waals surface area contributed by atoms with Gasteiger partial charge >= 0.3 is 6.18 Å². The summed E-state index contributed by atoms with van der Waals surface area (Å²) < 4.78 is 47.9. The van der Waals surface area contributed by atoms with Crippen LogP contribution in [0, 0.1) is 0 Å². The first-order chi connectivity index (χ1) is 20.6. The smallest absolute Gasteiger partial charge is 0.377 e. The van der Waals surface area contributed by atoms with Crippen molar-refractivity contribution in [3.05, 3.63) is 46.5 Å². The Bertz CT molecular complexity index is 1530. The normalized spacial score (nSPS) is 23.1. The molecule has 2 atom stereocenters. The van der Waals surface area contributed by atoms with E-state index in [4.69, 9.17) is 4.74 Å². The summed E-state index contributed by atoms with van der Waals surface area (Å²) in [5.74, 6) is 1.000. The third kappa shape index (κ3) is 5.84. The number of nitrogens with zero attached hydrogens (tertiary/aromatic N) is 4. The summed E-state index contributed by atoms with van der Waals surface area (Å²) in [7, 11) is 0. The molecule has 5 heterocycles. The maximum Gasteiger partial charge on any atom is 0.420 e. The molecular weight excluding hydrogens is 597 g/mol. The zero-order valence-electron chi connectivity index (χ0n) is 23.9. The summed E-state index contributed by atoms with van der Waals surface area (Å²) in [5.41, 5.74) is 1.94. The number of carbonyl (C=O) groups is 1. The molecular formula is C30H33F3N6O2S2. The molecule has 3 fully saturated rings. The standard InChI is InChI=1S/C30H33F3N6O2S2/c1-16-12-38(13-17(2)35-16)19-5-6-23(21(9-19)18-3-4-18)36-29-34-11-22(30(31,32)33)26(37-29)24-10-25-27(43-24)28(40)39(7-8-42-25)20-14-41-15-20/h5-6,9-11,16-18,20,35H,3-4,7-8,12-15H2,1-2H3,(H,34,36,37)/t16-,17-/m0/s1. The van der Waals surface area contributed by atoms with E-state index in [0.29, 0.717) is 58.2 Å². The van der Waals surface area contributed by atoms with E-state index in [1.54, 1.807) is 11.0 Å². The number of ether oxygens (including phenoxy) is 1. The first-order valence-corrected chi connectivity index (χ1v) is 16.5. The summed E-state index contributed by atoms with van der Waals surface area (Å²) in [5, 5.41) is 6.80. The van der Waals surface area contributed by atoms with E-state index in [9.17, 15) is 18.0 Å². The molecule has 8 nitrogen and oxygen atoms in total. The average molecular weight is 631 g/mol. The monoisotopic (exact) mass is 630 g/mol. The predicted molar refractivity (Wildman–Crippen MR) is 163 cm³/mol. The highest BCUT2D eigenvalue weighted by Crippen LogP contribution is 2.46. The Morgan fingerprint density at radius 2 is 1.88 bits per heavy atom. The molecule has 0 radical (unpaired) electrons. The molecule has 1 aliphatic carbocycles. The number of alkyl halides is 3. The van der Waals surface area contributed by atoms with Gasteiger partial charge in [0.05, 0.1) is 29.8 Å². The van der Waals surface area contributed by atoms with Crippen molar-refractivity contribution in [3.63, 3.8) is 0 Å². The number of nitrogens with one attached hydrogen (secondary N) is 2. The molecule has 228 valence electrons. The number of anilines is 3. The Morgan fingerprint density at radius 1 is 1.12 bits per heavy atom. The van der Waals surface area contributed by atoms with Crippen LogP contribution in [0.15, 0.2) is 35.4 Å². The highest BCUT2D eigenvalue weighted by Gasteiger charge is 2.38. The Balaban J connectivity index is 1.21. The number of thiophene rings is 1. The maximum atomic E-state index is 14.2. The van der Waals surface area contributed by atoms with E-state index in [-0.39, 0.29) is 23.6 Å². The van der Waals surface area contributed by atoms with Crippen molar-refractivity contribution in [1.82, 2.24) is 20.2 Å². The molecule has 2 aromatic heterocycles. The number of carbonyl (C=O) groups excluding carboxylic acids is 1. The fourth-order valence-electron chi connectivity index (χ4n) is 6.07. The van der Waals surface area contributed by atoms with Gasteiger partial charge in [-0.1, -0.05) is 0 Å². The first-order valence-electron chi connectivity index (χ1n) is 14.7. The molecule has 43 heavy (non-hydrogen) atoms. The summed E-state index contributed by atoms with van der Waals surface area (Å²) in [6.07, 6.45) is -1.67. The minimum atomic E-state index is -4.65. The second-order valence-electron chi connectivity index (χ2n) is 11.8. The third-order valence-electron chi connectivity index (χ3n) is 8.35. The molecule has 7 rings (SSSR count). The van der Waals surface area contributed by atoms with Crippen molar-refractivity contribution in [1.29, 1.82) is 0 Å². The molecule has 1 amide bonds. The van der Waals surface area contributed by atoms with Gasteiger partial charge in [-0.05, 0) is 62.4 Å². The Labute approximate surface area is 256 Å². The number of halogens is 3. The van der Waals surface area contributed by atoms with Crippen LogP contribution in [0.3, 0.4) is 0 Å². The van der Waals surface area contributed by atoms with Crippen LogP contribution in [0.5, 0.6) is 0 Å². The van der Waals surface area contributed by atoms with Crippen LogP contribution in [-0.4, -0.2) is 77.5 Å². The average Bonchev–Trinajstić information content (AvgIpc) is 3.71. The Hall–Kier alpha value is -2.87. The van der Waals surface area contributed by atoms with E-state index in [2.05, 4.69) is 51.5 Å². The highest BCUT2D eigenvalue weighted by atomic mass is 32.2. The number of thioether (sulfide) groups is 1. The molecule has 3 aliphatic heterocycles. The number of hydrogen-bond donors (Lipinski definition) is 2. The molecule has 1 saturated carbocycles. The first kappa shape index (κ1) is 28.9. The lowest BCUT2D eigenvalue weighted by Crippen LogP contribution is -2.54. The van der Waals surface area contributed by atoms with E-state index < -0.39 is 11.7 Å². The minimum Gasteiger partial charge on any atom is -0.377 e. The number of fused-ring (bicyclic) bond motifs is 1. The number of piperazine rings is 1. The summed E-state index contributed by atoms with van der Waals surface area (Å²) >= 11 is 2.55. The van der Waals surface area contributed by atoms with Gasteiger partial charge in [-0.25, -0.2) is 9.97 Å². The van der Waals surface area contributed by atoms with Crippen molar-refractivity contribution in [2.24, 2.45) is 0 Å². The molecule has 0 bridgehead atoms. The van der Waals surface area contributed by atoms with Crippen molar-refractivity contribution in [2.45, 2.75) is 61.8 Å². The lowest BCUT2D eigenvalue weighted by atomic mass is 10.0. The van der Waals surface area contributed by atoms with Crippen LogP contribution in [-0.2, 0) is 10.9 Å². The van der Waals surface area contributed by atoms with Crippen molar-refractivity contribution in [3.8, 4) is 10.6 Å². The molecule has 0 spiro atoms.